The molecule has 4 aromatic rings. The van der Waals surface area contributed by atoms with Crippen LogP contribution in [0, 0.1) is 6.92 Å². The quantitative estimate of drug-likeness (QED) is 0.390. The van der Waals surface area contributed by atoms with Crippen LogP contribution in [0.15, 0.2) is 71.3 Å². The average molecular weight is 410 g/mol. The average Bonchev–Trinajstić information content (AvgIpc) is 3.23. The molecule has 1 heterocycles. The molecule has 0 spiro atoms. The number of ether oxygens (including phenoxy) is 1. The number of hydrogen-bond donors (Lipinski definition) is 0. The molecule has 0 aliphatic rings. The Balaban J connectivity index is 1.72. The molecule has 4 nitrogen and oxygen atoms in total. The fourth-order valence-electron chi connectivity index (χ4n) is 3.34. The number of rotatable bonds is 4. The molecular formula is C23H17F3N2O2. The van der Waals surface area contributed by atoms with Crippen LogP contribution in [0.25, 0.3) is 34.0 Å². The van der Waals surface area contributed by atoms with Crippen molar-refractivity contribution >= 4 is 0 Å². The first-order valence-electron chi connectivity index (χ1n) is 9.13. The monoisotopic (exact) mass is 410 g/mol. The van der Waals surface area contributed by atoms with Crippen molar-refractivity contribution in [2.75, 3.05) is 7.11 Å². The van der Waals surface area contributed by atoms with E-state index >= 15 is 0 Å². The van der Waals surface area contributed by atoms with Gasteiger partial charge in [-0.15, -0.1) is 0 Å². The second-order valence-corrected chi connectivity index (χ2v) is 6.70. The van der Waals surface area contributed by atoms with Gasteiger partial charge in [-0.2, -0.15) is 18.2 Å². The summed E-state index contributed by atoms with van der Waals surface area (Å²) in [6.45, 7) is 1.75. The summed E-state index contributed by atoms with van der Waals surface area (Å²) >= 11 is 0. The summed E-state index contributed by atoms with van der Waals surface area (Å²) in [4.78, 5) is 4.42. The highest BCUT2D eigenvalue weighted by Gasteiger charge is 2.33. The van der Waals surface area contributed by atoms with Crippen LogP contribution in [0.1, 0.15) is 11.1 Å². The SMILES string of the molecule is COc1ccccc1-c1noc(-c2ccc(-c3ccccc3C(F)(F)F)c(C)c2)n1. The van der Waals surface area contributed by atoms with Crippen molar-refractivity contribution in [3.63, 3.8) is 0 Å². The van der Waals surface area contributed by atoms with Crippen LogP contribution in [-0.2, 0) is 6.18 Å². The summed E-state index contributed by atoms with van der Waals surface area (Å²) in [6.07, 6.45) is -4.43. The molecule has 0 aliphatic carbocycles. The lowest BCUT2D eigenvalue weighted by Crippen LogP contribution is -2.07. The van der Waals surface area contributed by atoms with Crippen molar-refractivity contribution in [3.8, 4) is 39.7 Å². The molecule has 0 saturated carbocycles. The number of alkyl halides is 3. The predicted octanol–water partition coefficient (Wildman–Crippen LogP) is 6.41. The number of aryl methyl sites for hydroxylation is 1. The molecule has 1 aromatic heterocycles. The smallest absolute Gasteiger partial charge is 0.417 e. The lowest BCUT2D eigenvalue weighted by atomic mass is 9.94. The zero-order chi connectivity index (χ0) is 21.3. The maximum atomic E-state index is 13.4. The minimum Gasteiger partial charge on any atom is -0.496 e. The number of hydrogen-bond acceptors (Lipinski definition) is 4. The van der Waals surface area contributed by atoms with Gasteiger partial charge in [-0.05, 0) is 53.9 Å². The van der Waals surface area contributed by atoms with E-state index in [4.69, 9.17) is 9.26 Å². The largest absolute Gasteiger partial charge is 0.496 e. The zero-order valence-corrected chi connectivity index (χ0v) is 16.2. The lowest BCUT2D eigenvalue weighted by Gasteiger charge is -2.14. The van der Waals surface area contributed by atoms with Crippen LogP contribution in [0.3, 0.4) is 0 Å². The Morgan fingerprint density at radius 3 is 2.27 bits per heavy atom. The second kappa shape index (κ2) is 7.67. The van der Waals surface area contributed by atoms with Crippen molar-refractivity contribution in [2.24, 2.45) is 0 Å². The summed E-state index contributed by atoms with van der Waals surface area (Å²) < 4.78 is 50.9. The first-order chi connectivity index (χ1) is 14.4. The standard InChI is InChI=1S/C23H17F3N2O2/c1-14-13-15(11-12-16(14)17-7-3-5-9-19(17)23(24,25)26)22-27-21(28-30-22)18-8-4-6-10-20(18)29-2/h3-13H,1-2H3. The lowest BCUT2D eigenvalue weighted by molar-refractivity contribution is -0.137. The third kappa shape index (κ3) is 3.66. The van der Waals surface area contributed by atoms with E-state index in [1.807, 2.05) is 18.2 Å². The normalized spacial score (nSPS) is 11.5. The Hall–Kier alpha value is -3.61. The Kier molecular flexibility index (Phi) is 5.03. The molecule has 0 atom stereocenters. The van der Waals surface area contributed by atoms with Gasteiger partial charge < -0.3 is 9.26 Å². The number of aromatic nitrogens is 2. The summed E-state index contributed by atoms with van der Waals surface area (Å²) in [5.74, 6) is 1.25. The van der Waals surface area contributed by atoms with Gasteiger partial charge in [-0.3, -0.25) is 0 Å². The molecule has 0 bridgehead atoms. The molecule has 0 radical (unpaired) electrons. The van der Waals surface area contributed by atoms with Gasteiger partial charge in [0.15, 0.2) is 0 Å². The molecule has 0 unspecified atom stereocenters. The van der Waals surface area contributed by atoms with Crippen LogP contribution in [0.4, 0.5) is 13.2 Å². The van der Waals surface area contributed by atoms with E-state index in [-0.39, 0.29) is 11.5 Å². The van der Waals surface area contributed by atoms with Gasteiger partial charge in [0.1, 0.15) is 5.75 Å². The molecule has 30 heavy (non-hydrogen) atoms. The first-order valence-corrected chi connectivity index (χ1v) is 9.13. The minimum atomic E-state index is -4.43. The van der Waals surface area contributed by atoms with E-state index in [1.165, 1.54) is 12.1 Å². The van der Waals surface area contributed by atoms with E-state index < -0.39 is 11.7 Å². The van der Waals surface area contributed by atoms with Gasteiger partial charge in [0.2, 0.25) is 5.82 Å². The van der Waals surface area contributed by atoms with Gasteiger partial charge in [0.05, 0.1) is 18.2 Å². The first kappa shape index (κ1) is 19.7. The van der Waals surface area contributed by atoms with E-state index in [1.54, 1.807) is 44.4 Å². The molecule has 0 fully saturated rings. The van der Waals surface area contributed by atoms with Crippen molar-refractivity contribution in [3.05, 3.63) is 77.9 Å². The maximum absolute atomic E-state index is 13.4. The van der Waals surface area contributed by atoms with Crippen LogP contribution in [0.5, 0.6) is 5.75 Å². The van der Waals surface area contributed by atoms with Crippen molar-refractivity contribution in [1.82, 2.24) is 10.1 Å². The highest BCUT2D eigenvalue weighted by Crippen LogP contribution is 2.39. The topological polar surface area (TPSA) is 48.2 Å². The fourth-order valence-corrected chi connectivity index (χ4v) is 3.34. The van der Waals surface area contributed by atoms with Crippen LogP contribution >= 0.6 is 0 Å². The number of benzene rings is 3. The Morgan fingerprint density at radius 1 is 0.867 bits per heavy atom. The van der Waals surface area contributed by atoms with Crippen molar-refractivity contribution < 1.29 is 22.4 Å². The molecule has 0 amide bonds. The Morgan fingerprint density at radius 2 is 1.57 bits per heavy atom. The Bertz CT molecular complexity index is 1200. The van der Waals surface area contributed by atoms with Crippen LogP contribution < -0.4 is 4.74 Å². The third-order valence-electron chi connectivity index (χ3n) is 4.77. The molecule has 0 aliphatic heterocycles. The highest BCUT2D eigenvalue weighted by atomic mass is 19.4. The van der Waals surface area contributed by atoms with Gasteiger partial charge in [-0.1, -0.05) is 41.6 Å². The number of para-hydroxylation sites is 1. The van der Waals surface area contributed by atoms with Crippen LogP contribution in [0.2, 0.25) is 0 Å². The summed E-state index contributed by atoms with van der Waals surface area (Å²) in [7, 11) is 1.56. The van der Waals surface area contributed by atoms with Crippen LogP contribution in [-0.4, -0.2) is 17.3 Å². The second-order valence-electron chi connectivity index (χ2n) is 6.70. The predicted molar refractivity (Wildman–Crippen MR) is 107 cm³/mol. The minimum absolute atomic E-state index is 0.134. The molecule has 0 N–H and O–H groups in total. The van der Waals surface area contributed by atoms with E-state index in [2.05, 4.69) is 10.1 Å². The molecular weight excluding hydrogens is 393 g/mol. The maximum Gasteiger partial charge on any atom is 0.417 e. The molecule has 3 aromatic carbocycles. The highest BCUT2D eigenvalue weighted by molar-refractivity contribution is 5.74. The zero-order valence-electron chi connectivity index (χ0n) is 16.2. The number of halogens is 3. The molecule has 7 heteroatoms. The Labute approximate surface area is 170 Å². The number of nitrogens with zero attached hydrogens (tertiary/aromatic N) is 2. The van der Waals surface area contributed by atoms with Crippen molar-refractivity contribution in [2.45, 2.75) is 13.1 Å². The van der Waals surface area contributed by atoms with Gasteiger partial charge in [0.25, 0.3) is 5.89 Å². The van der Waals surface area contributed by atoms with Gasteiger partial charge >= 0.3 is 6.18 Å². The van der Waals surface area contributed by atoms with Crippen molar-refractivity contribution in [1.29, 1.82) is 0 Å². The van der Waals surface area contributed by atoms with E-state index in [9.17, 15) is 13.2 Å². The van der Waals surface area contributed by atoms with E-state index in [0.717, 1.165) is 6.07 Å². The fraction of sp³-hybridized carbons (Fsp3) is 0.130. The summed E-state index contributed by atoms with van der Waals surface area (Å²) in [5, 5.41) is 4.01. The summed E-state index contributed by atoms with van der Waals surface area (Å²) in [5.41, 5.74) is 1.93. The molecule has 4 rings (SSSR count). The third-order valence-corrected chi connectivity index (χ3v) is 4.77. The molecule has 152 valence electrons. The van der Waals surface area contributed by atoms with Gasteiger partial charge in [0, 0.05) is 5.56 Å². The number of methoxy groups -OCH3 is 1. The summed E-state index contributed by atoms with van der Waals surface area (Å²) in [6, 6.07) is 17.9. The van der Waals surface area contributed by atoms with Gasteiger partial charge in [-0.25, -0.2) is 0 Å². The molecule has 0 saturated heterocycles. The van der Waals surface area contributed by atoms with E-state index in [0.29, 0.717) is 33.8 Å².